The summed E-state index contributed by atoms with van der Waals surface area (Å²) in [6.07, 6.45) is 1.35. The van der Waals surface area contributed by atoms with Crippen LogP contribution in [-0.4, -0.2) is 35.8 Å². The highest BCUT2D eigenvalue weighted by molar-refractivity contribution is 5.81. The molecule has 1 aliphatic heterocycles. The van der Waals surface area contributed by atoms with Crippen molar-refractivity contribution in [2.75, 3.05) is 13.1 Å². The first-order valence-electron chi connectivity index (χ1n) is 4.86. The second-order valence-corrected chi connectivity index (χ2v) is 3.81. The summed E-state index contributed by atoms with van der Waals surface area (Å²) in [6.45, 7) is 3.22. The molecule has 0 aromatic carbocycles. The molecule has 1 heterocycles. The molecule has 0 aliphatic carbocycles. The van der Waals surface area contributed by atoms with Crippen LogP contribution >= 0.6 is 0 Å². The van der Waals surface area contributed by atoms with Crippen LogP contribution in [0.4, 0.5) is 0 Å². The molecular weight excluding hydrogens is 182 g/mol. The lowest BCUT2D eigenvalue weighted by atomic mass is 10.1. The predicted octanol–water partition coefficient (Wildman–Crippen LogP) is -0.942. The number of carbonyl (C=O) groups is 2. The highest BCUT2D eigenvalue weighted by Gasteiger charge is 2.27. The monoisotopic (exact) mass is 199 g/mol. The van der Waals surface area contributed by atoms with Gasteiger partial charge in [-0.25, -0.2) is 0 Å². The minimum absolute atomic E-state index is 0.111. The van der Waals surface area contributed by atoms with Gasteiger partial charge in [0.2, 0.25) is 11.8 Å². The molecule has 2 amide bonds. The van der Waals surface area contributed by atoms with Crippen molar-refractivity contribution in [3.05, 3.63) is 0 Å². The molecule has 2 atom stereocenters. The van der Waals surface area contributed by atoms with Crippen molar-refractivity contribution in [1.29, 1.82) is 0 Å². The zero-order valence-electron chi connectivity index (χ0n) is 8.40. The molecule has 2 unspecified atom stereocenters. The number of nitrogens with zero attached hydrogens (tertiary/aromatic N) is 1. The normalized spacial score (nSPS) is 24.0. The van der Waals surface area contributed by atoms with Crippen molar-refractivity contribution in [1.82, 2.24) is 4.90 Å². The molecule has 80 valence electrons. The van der Waals surface area contributed by atoms with Crippen molar-refractivity contribution in [3.63, 3.8) is 0 Å². The minimum atomic E-state index is -0.640. The van der Waals surface area contributed by atoms with Crippen LogP contribution in [0.2, 0.25) is 0 Å². The van der Waals surface area contributed by atoms with E-state index in [1.165, 1.54) is 0 Å². The predicted molar refractivity (Wildman–Crippen MR) is 52.1 cm³/mol. The fraction of sp³-hybridized carbons (Fsp3) is 0.778. The fourth-order valence-corrected chi connectivity index (χ4v) is 1.55. The largest absolute Gasteiger partial charge is 0.368 e. The van der Waals surface area contributed by atoms with Crippen LogP contribution in [0.25, 0.3) is 0 Å². The van der Waals surface area contributed by atoms with Crippen molar-refractivity contribution in [3.8, 4) is 0 Å². The Hall–Kier alpha value is -1.10. The van der Waals surface area contributed by atoms with E-state index in [4.69, 9.17) is 11.5 Å². The molecule has 0 radical (unpaired) electrons. The molecule has 1 fully saturated rings. The summed E-state index contributed by atoms with van der Waals surface area (Å²) in [4.78, 5) is 23.8. The van der Waals surface area contributed by atoms with Gasteiger partial charge in [-0.2, -0.15) is 0 Å². The second-order valence-electron chi connectivity index (χ2n) is 3.81. The van der Waals surface area contributed by atoms with Gasteiger partial charge in [0.1, 0.15) is 0 Å². The Bertz CT molecular complexity index is 242. The topological polar surface area (TPSA) is 89.4 Å². The minimum Gasteiger partial charge on any atom is -0.368 e. The van der Waals surface area contributed by atoms with Gasteiger partial charge >= 0.3 is 0 Å². The van der Waals surface area contributed by atoms with Gasteiger partial charge in [0.05, 0.1) is 6.04 Å². The highest BCUT2D eigenvalue weighted by Crippen LogP contribution is 2.17. The van der Waals surface area contributed by atoms with Crippen LogP contribution in [0.1, 0.15) is 19.8 Å². The Morgan fingerprint density at radius 1 is 1.71 bits per heavy atom. The Morgan fingerprint density at radius 3 is 2.79 bits per heavy atom. The van der Waals surface area contributed by atoms with Gasteiger partial charge < -0.3 is 16.4 Å². The summed E-state index contributed by atoms with van der Waals surface area (Å²) < 4.78 is 0. The van der Waals surface area contributed by atoms with E-state index >= 15 is 0 Å². The number of rotatable bonds is 4. The first kappa shape index (κ1) is 11.0. The summed E-state index contributed by atoms with van der Waals surface area (Å²) in [5.74, 6) is -0.244. The van der Waals surface area contributed by atoms with Crippen LogP contribution in [-0.2, 0) is 9.59 Å². The molecule has 0 bridgehead atoms. The van der Waals surface area contributed by atoms with Crippen LogP contribution < -0.4 is 11.5 Å². The number of hydrogen-bond acceptors (Lipinski definition) is 3. The Labute approximate surface area is 83.4 Å². The molecule has 0 aromatic heterocycles. The number of amides is 2. The lowest BCUT2D eigenvalue weighted by Crippen LogP contribution is -2.40. The summed E-state index contributed by atoms with van der Waals surface area (Å²) in [7, 11) is 0. The van der Waals surface area contributed by atoms with Gasteiger partial charge in [-0.15, -0.1) is 0 Å². The smallest absolute Gasteiger partial charge is 0.234 e. The van der Waals surface area contributed by atoms with Gasteiger partial charge in [0.25, 0.3) is 0 Å². The second kappa shape index (κ2) is 4.41. The lowest BCUT2D eigenvalue weighted by molar-refractivity contribution is -0.131. The highest BCUT2D eigenvalue weighted by atomic mass is 16.2. The van der Waals surface area contributed by atoms with E-state index in [2.05, 4.69) is 0 Å². The van der Waals surface area contributed by atoms with E-state index in [1.807, 2.05) is 6.92 Å². The van der Waals surface area contributed by atoms with Gasteiger partial charge in [-0.1, -0.05) is 6.92 Å². The fourth-order valence-electron chi connectivity index (χ4n) is 1.55. The molecule has 0 spiro atoms. The summed E-state index contributed by atoms with van der Waals surface area (Å²) >= 11 is 0. The lowest BCUT2D eigenvalue weighted by Gasteiger charge is -2.17. The Balaban J connectivity index is 2.32. The SMILES string of the molecule is CC1CCN(CCC(N)C(N)=O)C1=O. The van der Waals surface area contributed by atoms with Gasteiger partial charge in [0.15, 0.2) is 0 Å². The third-order valence-electron chi connectivity index (χ3n) is 2.64. The molecule has 4 N–H and O–H groups in total. The Morgan fingerprint density at radius 2 is 2.36 bits per heavy atom. The summed E-state index contributed by atoms with van der Waals surface area (Å²) in [6, 6.07) is -0.640. The third kappa shape index (κ3) is 2.45. The number of hydrogen-bond donors (Lipinski definition) is 2. The third-order valence-corrected chi connectivity index (χ3v) is 2.64. The molecule has 0 aromatic rings. The van der Waals surface area contributed by atoms with Crippen LogP contribution in [0.3, 0.4) is 0 Å². The quantitative estimate of drug-likeness (QED) is 0.612. The first-order valence-corrected chi connectivity index (χ1v) is 4.86. The van der Waals surface area contributed by atoms with E-state index in [0.717, 1.165) is 13.0 Å². The number of primary amides is 1. The van der Waals surface area contributed by atoms with Gasteiger partial charge in [0, 0.05) is 19.0 Å². The molecule has 14 heavy (non-hydrogen) atoms. The molecule has 1 aliphatic rings. The molecule has 0 saturated carbocycles. The zero-order chi connectivity index (χ0) is 10.7. The Kier molecular flexibility index (Phi) is 3.46. The van der Waals surface area contributed by atoms with Crippen LogP contribution in [0.15, 0.2) is 0 Å². The number of carbonyl (C=O) groups excluding carboxylic acids is 2. The zero-order valence-corrected chi connectivity index (χ0v) is 8.40. The summed E-state index contributed by atoms with van der Waals surface area (Å²) in [5, 5.41) is 0. The maximum absolute atomic E-state index is 11.5. The van der Waals surface area contributed by atoms with Crippen molar-refractivity contribution >= 4 is 11.8 Å². The molecule has 5 nitrogen and oxygen atoms in total. The molecule has 1 rings (SSSR count). The van der Waals surface area contributed by atoms with Crippen molar-refractivity contribution < 1.29 is 9.59 Å². The standard InChI is InChI=1S/C9H17N3O2/c1-6-2-4-12(9(6)14)5-3-7(10)8(11)13/h6-7H,2-5,10H2,1H3,(H2,11,13). The first-order chi connectivity index (χ1) is 6.52. The van der Waals surface area contributed by atoms with E-state index in [9.17, 15) is 9.59 Å². The average Bonchev–Trinajstić information content (AvgIpc) is 2.44. The van der Waals surface area contributed by atoms with Crippen LogP contribution in [0.5, 0.6) is 0 Å². The van der Waals surface area contributed by atoms with Crippen LogP contribution in [0, 0.1) is 5.92 Å². The van der Waals surface area contributed by atoms with Crippen molar-refractivity contribution in [2.24, 2.45) is 17.4 Å². The molecular formula is C9H17N3O2. The number of likely N-dealkylation sites (tertiary alicyclic amines) is 1. The van der Waals surface area contributed by atoms with E-state index in [1.54, 1.807) is 4.90 Å². The van der Waals surface area contributed by atoms with E-state index in [-0.39, 0.29) is 11.8 Å². The molecule has 5 heteroatoms. The van der Waals surface area contributed by atoms with E-state index in [0.29, 0.717) is 13.0 Å². The number of nitrogens with two attached hydrogens (primary N) is 2. The van der Waals surface area contributed by atoms with E-state index < -0.39 is 11.9 Å². The average molecular weight is 199 g/mol. The van der Waals surface area contributed by atoms with Gasteiger partial charge in [-0.3, -0.25) is 9.59 Å². The summed E-state index contributed by atoms with van der Waals surface area (Å²) in [5.41, 5.74) is 10.5. The van der Waals surface area contributed by atoms with Crippen molar-refractivity contribution in [2.45, 2.75) is 25.8 Å². The molecule has 1 saturated heterocycles. The maximum Gasteiger partial charge on any atom is 0.234 e. The maximum atomic E-state index is 11.5. The van der Waals surface area contributed by atoms with Gasteiger partial charge in [-0.05, 0) is 12.8 Å².